The Morgan fingerprint density at radius 1 is 0.510 bits per heavy atom. The maximum atomic E-state index is 12.8. The van der Waals surface area contributed by atoms with E-state index in [2.05, 4.69) is 18.7 Å². The van der Waals surface area contributed by atoms with Gasteiger partial charge in [0, 0.05) is 11.8 Å². The van der Waals surface area contributed by atoms with Crippen molar-refractivity contribution in [2.75, 3.05) is 40.5 Å². The third-order valence-corrected chi connectivity index (χ3v) is 11.1. The van der Waals surface area contributed by atoms with Gasteiger partial charge >= 0.3 is 17.2 Å². The molecular formula is C43H83NO6S. The molecule has 0 unspecified atom stereocenters. The van der Waals surface area contributed by atoms with Crippen molar-refractivity contribution >= 4 is 29.0 Å². The summed E-state index contributed by atoms with van der Waals surface area (Å²) in [5, 5.41) is 0.0414. The summed E-state index contributed by atoms with van der Waals surface area (Å²) in [6.45, 7) is 14.9. The Labute approximate surface area is 320 Å². The minimum absolute atomic E-state index is 0.0801. The molecule has 0 saturated heterocycles. The van der Waals surface area contributed by atoms with Gasteiger partial charge in [0.2, 0.25) is 0 Å². The highest BCUT2D eigenvalue weighted by Gasteiger charge is 2.29. The van der Waals surface area contributed by atoms with E-state index in [1.165, 1.54) is 76.0 Å². The monoisotopic (exact) mass is 742 g/mol. The standard InChI is InChI=1S/C43H83NO6S/c1-9-11-13-15-17-19-27-35-48-39(45)42(3,4)32-25-21-23-30-38(51-41(47)50-37-29-34-44(7)8)31-24-22-26-33-43(5,6)40(46)49-36-28-20-18-16-14-12-10-2/h38H,9-37H2,1-8H3. The van der Waals surface area contributed by atoms with Crippen LogP contribution in [0, 0.1) is 10.8 Å². The van der Waals surface area contributed by atoms with E-state index >= 15 is 0 Å². The van der Waals surface area contributed by atoms with Crippen molar-refractivity contribution in [2.45, 2.75) is 207 Å². The van der Waals surface area contributed by atoms with E-state index in [0.717, 1.165) is 103 Å². The number of hydrogen-bond donors (Lipinski definition) is 0. The van der Waals surface area contributed by atoms with E-state index in [1.54, 1.807) is 0 Å². The number of ether oxygens (including phenoxy) is 3. The second-order valence-corrected chi connectivity index (χ2v) is 17.7. The SMILES string of the molecule is CCCCCCCCCOC(=O)C(C)(C)CCCCCC(CCCCCC(C)(C)C(=O)OCCCCCCCCC)SC(=O)OCCCN(C)C. The Kier molecular flexibility index (Phi) is 31.4. The molecule has 0 radical (unpaired) electrons. The molecule has 0 aromatic rings. The summed E-state index contributed by atoms with van der Waals surface area (Å²) in [5.41, 5.74) is -0.945. The minimum Gasteiger partial charge on any atom is -0.465 e. The molecule has 302 valence electrons. The Hall–Kier alpha value is -1.28. The molecule has 0 aromatic carbocycles. The van der Waals surface area contributed by atoms with Crippen LogP contribution in [0.5, 0.6) is 0 Å². The molecule has 0 heterocycles. The fourth-order valence-electron chi connectivity index (χ4n) is 6.24. The molecule has 0 fully saturated rings. The Morgan fingerprint density at radius 2 is 0.882 bits per heavy atom. The van der Waals surface area contributed by atoms with Crippen molar-refractivity contribution in [3.63, 3.8) is 0 Å². The fraction of sp³-hybridized carbons (Fsp3) is 0.930. The summed E-state index contributed by atoms with van der Waals surface area (Å²) in [6, 6.07) is 0. The van der Waals surface area contributed by atoms with Gasteiger partial charge in [-0.05, 0) is 98.5 Å². The van der Waals surface area contributed by atoms with E-state index in [0.29, 0.717) is 19.8 Å². The predicted octanol–water partition coefficient (Wildman–Crippen LogP) is 12.7. The number of carbonyl (C=O) groups is 3. The topological polar surface area (TPSA) is 82.1 Å². The van der Waals surface area contributed by atoms with E-state index in [1.807, 2.05) is 41.8 Å². The lowest BCUT2D eigenvalue weighted by Gasteiger charge is -2.23. The normalized spacial score (nSPS) is 12.1. The maximum Gasteiger partial charge on any atom is 0.367 e. The molecule has 51 heavy (non-hydrogen) atoms. The minimum atomic E-state index is -0.472. The van der Waals surface area contributed by atoms with Gasteiger partial charge in [0.05, 0.1) is 30.7 Å². The van der Waals surface area contributed by atoms with Crippen LogP contribution in [0.1, 0.15) is 202 Å². The third kappa shape index (κ3) is 29.8. The van der Waals surface area contributed by atoms with Crippen LogP contribution in [0.25, 0.3) is 0 Å². The number of nitrogens with zero attached hydrogens (tertiary/aromatic N) is 1. The molecule has 0 aliphatic heterocycles. The van der Waals surface area contributed by atoms with Gasteiger partial charge in [-0.25, -0.2) is 4.79 Å². The highest BCUT2D eigenvalue weighted by Crippen LogP contribution is 2.30. The first-order valence-electron chi connectivity index (χ1n) is 21.2. The van der Waals surface area contributed by atoms with E-state index < -0.39 is 10.8 Å². The van der Waals surface area contributed by atoms with E-state index in [4.69, 9.17) is 14.2 Å². The summed E-state index contributed by atoms with van der Waals surface area (Å²) in [7, 11) is 4.05. The maximum absolute atomic E-state index is 12.8. The molecule has 0 amide bonds. The van der Waals surface area contributed by atoms with Gasteiger partial charge in [-0.1, -0.05) is 129 Å². The van der Waals surface area contributed by atoms with Gasteiger partial charge in [0.1, 0.15) is 0 Å². The first-order chi connectivity index (χ1) is 24.4. The molecule has 0 N–H and O–H groups in total. The number of hydrogen-bond acceptors (Lipinski definition) is 8. The van der Waals surface area contributed by atoms with E-state index in [9.17, 15) is 14.4 Å². The zero-order chi connectivity index (χ0) is 38.2. The van der Waals surface area contributed by atoms with Crippen molar-refractivity contribution < 1.29 is 28.6 Å². The second-order valence-electron chi connectivity index (χ2n) is 16.5. The van der Waals surface area contributed by atoms with Crippen molar-refractivity contribution in [1.29, 1.82) is 0 Å². The Bertz CT molecular complexity index is 807. The predicted molar refractivity (Wildman–Crippen MR) is 218 cm³/mol. The van der Waals surface area contributed by atoms with Crippen LogP contribution in [0.2, 0.25) is 0 Å². The van der Waals surface area contributed by atoms with Crippen molar-refractivity contribution in [3.8, 4) is 0 Å². The zero-order valence-electron chi connectivity index (χ0n) is 34.9. The summed E-state index contributed by atoms with van der Waals surface area (Å²) >= 11 is 1.35. The zero-order valence-corrected chi connectivity index (χ0v) is 35.7. The third-order valence-electron chi connectivity index (χ3n) is 9.96. The highest BCUT2D eigenvalue weighted by atomic mass is 32.2. The summed E-state index contributed by atoms with van der Waals surface area (Å²) in [5.74, 6) is -0.160. The van der Waals surface area contributed by atoms with Crippen LogP contribution in [0.3, 0.4) is 0 Å². The van der Waals surface area contributed by atoms with Crippen LogP contribution in [-0.4, -0.2) is 67.9 Å². The van der Waals surface area contributed by atoms with Gasteiger partial charge in [0.25, 0.3) is 0 Å². The van der Waals surface area contributed by atoms with E-state index in [-0.39, 0.29) is 22.5 Å². The molecule has 0 aromatic heterocycles. The fourth-order valence-corrected chi connectivity index (χ4v) is 7.24. The number of carbonyl (C=O) groups excluding carboxylic acids is 3. The first-order valence-corrected chi connectivity index (χ1v) is 22.1. The van der Waals surface area contributed by atoms with Crippen LogP contribution in [0.15, 0.2) is 0 Å². The molecule has 0 rings (SSSR count). The molecule has 8 heteroatoms. The van der Waals surface area contributed by atoms with Crippen LogP contribution in [-0.2, 0) is 23.8 Å². The van der Waals surface area contributed by atoms with Crippen molar-refractivity contribution in [1.82, 2.24) is 4.90 Å². The Balaban J connectivity index is 4.55. The lowest BCUT2D eigenvalue weighted by Crippen LogP contribution is -2.27. The number of esters is 2. The second kappa shape index (κ2) is 32.2. The summed E-state index contributed by atoms with van der Waals surface area (Å²) in [6.07, 6.45) is 27.3. The van der Waals surface area contributed by atoms with Crippen LogP contribution in [0.4, 0.5) is 4.79 Å². The molecule has 0 aliphatic carbocycles. The number of rotatable bonds is 35. The molecular weight excluding hydrogens is 659 g/mol. The summed E-state index contributed by atoms with van der Waals surface area (Å²) < 4.78 is 16.8. The molecule has 0 atom stereocenters. The summed E-state index contributed by atoms with van der Waals surface area (Å²) in [4.78, 5) is 40.3. The lowest BCUT2D eigenvalue weighted by atomic mass is 9.86. The molecule has 0 saturated carbocycles. The number of thioether (sulfide) groups is 1. The van der Waals surface area contributed by atoms with Gasteiger partial charge in [-0.2, -0.15) is 0 Å². The molecule has 0 bridgehead atoms. The van der Waals surface area contributed by atoms with Crippen molar-refractivity contribution in [3.05, 3.63) is 0 Å². The average Bonchev–Trinajstić information content (AvgIpc) is 3.08. The quantitative estimate of drug-likeness (QED) is 0.0361. The average molecular weight is 742 g/mol. The smallest absolute Gasteiger partial charge is 0.367 e. The highest BCUT2D eigenvalue weighted by molar-refractivity contribution is 8.13. The largest absolute Gasteiger partial charge is 0.465 e. The lowest BCUT2D eigenvalue weighted by molar-refractivity contribution is -0.155. The first kappa shape index (κ1) is 49.7. The van der Waals surface area contributed by atoms with Gasteiger partial charge in [0.15, 0.2) is 0 Å². The van der Waals surface area contributed by atoms with Crippen LogP contribution < -0.4 is 0 Å². The molecule has 0 spiro atoms. The molecule has 7 nitrogen and oxygen atoms in total. The van der Waals surface area contributed by atoms with Gasteiger partial charge in [-0.15, -0.1) is 0 Å². The van der Waals surface area contributed by atoms with Crippen molar-refractivity contribution in [2.24, 2.45) is 10.8 Å². The van der Waals surface area contributed by atoms with Gasteiger partial charge in [-0.3, -0.25) is 9.59 Å². The van der Waals surface area contributed by atoms with Crippen LogP contribution >= 0.6 is 11.8 Å². The molecule has 0 aliphatic rings. The number of unbranched alkanes of at least 4 members (excludes halogenated alkanes) is 16. The van der Waals surface area contributed by atoms with Gasteiger partial charge < -0.3 is 19.1 Å². The Morgan fingerprint density at radius 3 is 1.29 bits per heavy atom.